The van der Waals surface area contributed by atoms with Crippen molar-refractivity contribution in [2.24, 2.45) is 0 Å². The van der Waals surface area contributed by atoms with Gasteiger partial charge in [0.2, 0.25) is 0 Å². The zero-order valence-electron chi connectivity index (χ0n) is 8.48. The van der Waals surface area contributed by atoms with Gasteiger partial charge in [0, 0.05) is 11.1 Å². The van der Waals surface area contributed by atoms with Gasteiger partial charge in [0.1, 0.15) is 5.82 Å². The van der Waals surface area contributed by atoms with E-state index in [9.17, 15) is 4.39 Å². The summed E-state index contributed by atoms with van der Waals surface area (Å²) in [6, 6.07) is 4.91. The van der Waals surface area contributed by atoms with Crippen LogP contribution in [0.2, 0.25) is 5.02 Å². The van der Waals surface area contributed by atoms with Crippen LogP contribution in [0.25, 0.3) is 0 Å². The summed E-state index contributed by atoms with van der Waals surface area (Å²) in [6.07, 6.45) is 0.826. The molecule has 0 aliphatic rings. The molecule has 0 aromatic heterocycles. The largest absolute Gasteiger partial charge is 0.314 e. The first-order valence-corrected chi connectivity index (χ1v) is 5.18. The molecule has 0 aliphatic carbocycles. The Kier molecular flexibility index (Phi) is 4.36. The maximum absolute atomic E-state index is 12.7. The van der Waals surface area contributed by atoms with E-state index in [1.165, 1.54) is 12.1 Å². The van der Waals surface area contributed by atoms with Gasteiger partial charge in [-0.3, -0.25) is 0 Å². The molecule has 0 aliphatic heterocycles. The predicted molar refractivity (Wildman–Crippen MR) is 58.3 cm³/mol. The number of rotatable bonds is 4. The molecular weight excluding hydrogens is 201 g/mol. The van der Waals surface area contributed by atoms with Crippen molar-refractivity contribution in [3.8, 4) is 0 Å². The molecule has 0 saturated carbocycles. The summed E-state index contributed by atoms with van der Waals surface area (Å²) >= 11 is 5.91. The molecule has 1 aromatic carbocycles. The van der Waals surface area contributed by atoms with Gasteiger partial charge in [0.05, 0.1) is 0 Å². The van der Waals surface area contributed by atoms with Crippen molar-refractivity contribution < 1.29 is 4.39 Å². The van der Waals surface area contributed by atoms with Gasteiger partial charge in [-0.1, -0.05) is 24.6 Å². The van der Waals surface area contributed by atoms with E-state index in [0.29, 0.717) is 11.1 Å². The van der Waals surface area contributed by atoms with Gasteiger partial charge in [0.15, 0.2) is 0 Å². The molecule has 1 N–H and O–H groups in total. The van der Waals surface area contributed by atoms with Crippen molar-refractivity contribution in [2.45, 2.75) is 26.3 Å². The molecule has 3 heteroatoms. The molecule has 14 heavy (non-hydrogen) atoms. The van der Waals surface area contributed by atoms with E-state index in [4.69, 9.17) is 11.6 Å². The Hall–Kier alpha value is -0.600. The van der Waals surface area contributed by atoms with E-state index in [0.717, 1.165) is 18.5 Å². The van der Waals surface area contributed by atoms with Gasteiger partial charge in [-0.15, -0.1) is 0 Å². The molecule has 0 saturated heterocycles. The maximum atomic E-state index is 12.7. The van der Waals surface area contributed by atoms with E-state index in [1.807, 2.05) is 0 Å². The highest BCUT2D eigenvalue weighted by atomic mass is 35.5. The van der Waals surface area contributed by atoms with Crippen LogP contribution in [0.1, 0.15) is 19.4 Å². The normalized spacial score (nSPS) is 12.9. The second-order valence-corrected chi connectivity index (χ2v) is 3.81. The summed E-state index contributed by atoms with van der Waals surface area (Å²) in [5.41, 5.74) is 0.988. The molecule has 0 spiro atoms. The Bertz CT molecular complexity index is 301. The van der Waals surface area contributed by atoms with E-state index >= 15 is 0 Å². The summed E-state index contributed by atoms with van der Waals surface area (Å²) < 4.78 is 12.7. The van der Waals surface area contributed by atoms with E-state index < -0.39 is 0 Å². The van der Waals surface area contributed by atoms with Crippen molar-refractivity contribution >= 4 is 11.6 Å². The van der Waals surface area contributed by atoms with Gasteiger partial charge < -0.3 is 5.32 Å². The third kappa shape index (κ3) is 3.28. The van der Waals surface area contributed by atoms with E-state index in [2.05, 4.69) is 19.2 Å². The Morgan fingerprint density at radius 1 is 1.50 bits per heavy atom. The van der Waals surface area contributed by atoms with Crippen LogP contribution in [0.3, 0.4) is 0 Å². The standard InChI is InChI=1S/C11H15ClFN/c1-3-14-8(2)6-9-4-5-10(13)7-11(9)12/h4-5,7-8,14H,3,6H2,1-2H3. The molecular formula is C11H15ClFN. The SMILES string of the molecule is CCNC(C)Cc1ccc(F)cc1Cl. The Morgan fingerprint density at radius 3 is 2.79 bits per heavy atom. The van der Waals surface area contributed by atoms with Crippen LogP contribution in [-0.2, 0) is 6.42 Å². The lowest BCUT2D eigenvalue weighted by Crippen LogP contribution is -2.27. The van der Waals surface area contributed by atoms with Crippen molar-refractivity contribution in [1.29, 1.82) is 0 Å². The highest BCUT2D eigenvalue weighted by Gasteiger charge is 2.06. The lowest BCUT2D eigenvalue weighted by atomic mass is 10.1. The average Bonchev–Trinajstić information content (AvgIpc) is 2.10. The van der Waals surface area contributed by atoms with Crippen LogP contribution in [0.5, 0.6) is 0 Å². The van der Waals surface area contributed by atoms with Crippen molar-refractivity contribution in [1.82, 2.24) is 5.32 Å². The van der Waals surface area contributed by atoms with E-state index in [-0.39, 0.29) is 5.82 Å². The third-order valence-electron chi connectivity index (χ3n) is 2.09. The molecule has 0 radical (unpaired) electrons. The molecule has 1 unspecified atom stereocenters. The van der Waals surface area contributed by atoms with Crippen LogP contribution >= 0.6 is 11.6 Å². The Morgan fingerprint density at radius 2 is 2.21 bits per heavy atom. The first-order valence-electron chi connectivity index (χ1n) is 4.80. The number of halogens is 2. The molecule has 1 aromatic rings. The zero-order valence-corrected chi connectivity index (χ0v) is 9.24. The number of nitrogens with one attached hydrogen (secondary N) is 1. The number of hydrogen-bond acceptors (Lipinski definition) is 1. The molecule has 0 amide bonds. The summed E-state index contributed by atoms with van der Waals surface area (Å²) in [5, 5.41) is 3.79. The maximum Gasteiger partial charge on any atom is 0.124 e. The van der Waals surface area contributed by atoms with Crippen LogP contribution < -0.4 is 5.32 Å². The highest BCUT2D eigenvalue weighted by Crippen LogP contribution is 2.18. The lowest BCUT2D eigenvalue weighted by molar-refractivity contribution is 0.564. The average molecular weight is 216 g/mol. The van der Waals surface area contributed by atoms with Crippen LogP contribution in [0, 0.1) is 5.82 Å². The predicted octanol–water partition coefficient (Wildman–Crippen LogP) is 3.02. The molecule has 1 atom stereocenters. The molecule has 0 bridgehead atoms. The minimum Gasteiger partial charge on any atom is -0.314 e. The summed E-state index contributed by atoms with van der Waals surface area (Å²) in [7, 11) is 0. The number of benzene rings is 1. The molecule has 1 rings (SSSR count). The minimum absolute atomic E-state index is 0.283. The first kappa shape index (κ1) is 11.5. The molecule has 78 valence electrons. The monoisotopic (exact) mass is 215 g/mol. The van der Waals surface area contributed by atoms with Crippen molar-refractivity contribution in [2.75, 3.05) is 6.54 Å². The molecule has 0 heterocycles. The second kappa shape index (κ2) is 5.32. The fraction of sp³-hybridized carbons (Fsp3) is 0.455. The van der Waals surface area contributed by atoms with Crippen LogP contribution in [0.15, 0.2) is 18.2 Å². The minimum atomic E-state index is -0.283. The van der Waals surface area contributed by atoms with Gasteiger partial charge in [-0.05, 0) is 37.6 Å². The van der Waals surface area contributed by atoms with Gasteiger partial charge in [-0.25, -0.2) is 4.39 Å². The Labute approximate surface area is 89.3 Å². The fourth-order valence-electron chi connectivity index (χ4n) is 1.44. The molecule has 1 nitrogen and oxygen atoms in total. The van der Waals surface area contributed by atoms with Crippen molar-refractivity contribution in [3.05, 3.63) is 34.6 Å². The Balaban J connectivity index is 2.67. The topological polar surface area (TPSA) is 12.0 Å². The smallest absolute Gasteiger partial charge is 0.124 e. The van der Waals surface area contributed by atoms with Crippen molar-refractivity contribution in [3.63, 3.8) is 0 Å². The summed E-state index contributed by atoms with van der Waals surface area (Å²) in [6.45, 7) is 5.08. The first-order chi connectivity index (χ1) is 6.63. The quantitative estimate of drug-likeness (QED) is 0.814. The number of hydrogen-bond donors (Lipinski definition) is 1. The summed E-state index contributed by atoms with van der Waals surface area (Å²) in [4.78, 5) is 0. The summed E-state index contributed by atoms with van der Waals surface area (Å²) in [5.74, 6) is -0.283. The van der Waals surface area contributed by atoms with Gasteiger partial charge in [0.25, 0.3) is 0 Å². The lowest BCUT2D eigenvalue weighted by Gasteiger charge is -2.13. The highest BCUT2D eigenvalue weighted by molar-refractivity contribution is 6.31. The fourth-order valence-corrected chi connectivity index (χ4v) is 1.68. The van der Waals surface area contributed by atoms with Crippen LogP contribution in [-0.4, -0.2) is 12.6 Å². The van der Waals surface area contributed by atoms with E-state index in [1.54, 1.807) is 6.07 Å². The second-order valence-electron chi connectivity index (χ2n) is 3.40. The zero-order chi connectivity index (χ0) is 10.6. The van der Waals surface area contributed by atoms with Crippen LogP contribution in [0.4, 0.5) is 4.39 Å². The third-order valence-corrected chi connectivity index (χ3v) is 2.45. The van der Waals surface area contributed by atoms with Gasteiger partial charge in [-0.2, -0.15) is 0 Å². The van der Waals surface area contributed by atoms with Gasteiger partial charge >= 0.3 is 0 Å². The molecule has 0 fully saturated rings. The number of likely N-dealkylation sites (N-methyl/N-ethyl adjacent to an activating group) is 1.